The molecule has 0 radical (unpaired) electrons. The average molecular weight is 352 g/mol. The first-order valence-corrected chi connectivity index (χ1v) is 9.19. The van der Waals surface area contributed by atoms with E-state index in [1.54, 1.807) is 4.90 Å². The molecule has 6 heteroatoms. The third-order valence-corrected chi connectivity index (χ3v) is 5.25. The Hall–Kier alpha value is -2.63. The number of aromatic amines is 1. The van der Waals surface area contributed by atoms with E-state index in [0.717, 1.165) is 34.9 Å². The molecule has 1 N–H and O–H groups in total. The molecule has 1 amide bonds. The third-order valence-electron chi connectivity index (χ3n) is 5.25. The lowest BCUT2D eigenvalue weighted by Crippen LogP contribution is -2.31. The van der Waals surface area contributed by atoms with Crippen molar-refractivity contribution in [2.45, 2.75) is 53.0 Å². The van der Waals surface area contributed by atoms with Gasteiger partial charge in [-0.2, -0.15) is 4.98 Å². The van der Waals surface area contributed by atoms with Gasteiger partial charge < -0.3 is 14.4 Å². The van der Waals surface area contributed by atoms with Crippen LogP contribution in [0.15, 0.2) is 16.7 Å². The van der Waals surface area contributed by atoms with Gasteiger partial charge in [-0.15, -0.1) is 0 Å². The molecule has 26 heavy (non-hydrogen) atoms. The molecule has 1 saturated carbocycles. The lowest BCUT2D eigenvalue weighted by atomic mass is 10.0. The van der Waals surface area contributed by atoms with Gasteiger partial charge in [0.25, 0.3) is 5.91 Å². The monoisotopic (exact) mass is 352 g/mol. The summed E-state index contributed by atoms with van der Waals surface area (Å²) < 4.78 is 5.32. The summed E-state index contributed by atoms with van der Waals surface area (Å²) in [5.41, 5.74) is 5.00. The fourth-order valence-electron chi connectivity index (χ4n) is 3.50. The fraction of sp³-hybridized carbons (Fsp3) is 0.450. The number of rotatable bonds is 5. The van der Waals surface area contributed by atoms with Crippen LogP contribution in [-0.4, -0.2) is 32.5 Å². The predicted molar refractivity (Wildman–Crippen MR) is 99.2 cm³/mol. The van der Waals surface area contributed by atoms with E-state index in [2.05, 4.69) is 41.1 Å². The highest BCUT2D eigenvalue weighted by Gasteiger charge is 2.30. The fourth-order valence-corrected chi connectivity index (χ4v) is 3.50. The summed E-state index contributed by atoms with van der Waals surface area (Å²) in [7, 11) is 0. The number of aryl methyl sites for hydroxylation is 3. The summed E-state index contributed by atoms with van der Waals surface area (Å²) in [6.07, 6.45) is 2.23. The smallest absolute Gasteiger partial charge is 0.270 e. The maximum absolute atomic E-state index is 13.2. The van der Waals surface area contributed by atoms with Gasteiger partial charge in [0, 0.05) is 23.4 Å². The topological polar surface area (TPSA) is 75.0 Å². The number of carbonyl (C=O) groups excluding carboxylic acids is 1. The molecule has 2 aromatic heterocycles. The van der Waals surface area contributed by atoms with Crippen LogP contribution in [0.5, 0.6) is 0 Å². The van der Waals surface area contributed by atoms with Crippen LogP contribution >= 0.6 is 0 Å². The molecule has 0 unspecified atom stereocenters. The van der Waals surface area contributed by atoms with Crippen molar-refractivity contribution in [2.24, 2.45) is 0 Å². The first-order valence-electron chi connectivity index (χ1n) is 9.19. The minimum Gasteiger partial charge on any atom is -0.350 e. The third kappa shape index (κ3) is 2.79. The van der Waals surface area contributed by atoms with E-state index in [1.165, 1.54) is 5.56 Å². The zero-order chi connectivity index (χ0) is 18.4. The summed E-state index contributed by atoms with van der Waals surface area (Å²) in [6, 6.07) is 4.18. The molecule has 4 rings (SSSR count). The quantitative estimate of drug-likeness (QED) is 0.752. The number of nitrogens with zero attached hydrogens (tertiary/aromatic N) is 3. The van der Waals surface area contributed by atoms with E-state index in [4.69, 9.17) is 4.52 Å². The van der Waals surface area contributed by atoms with Gasteiger partial charge >= 0.3 is 0 Å². The first kappa shape index (κ1) is 16.8. The van der Waals surface area contributed by atoms with Gasteiger partial charge in [-0.1, -0.05) is 17.3 Å². The van der Waals surface area contributed by atoms with Crippen LogP contribution in [0.4, 0.5) is 0 Å². The Kier molecular flexibility index (Phi) is 4.05. The standard InChI is InChI=1S/C20H24N4O2/c1-5-24(10-15-21-19(26-23-15)14-8-9-14)20(25)18-13(4)16-11(2)6-7-12(3)17(16)22-18/h6-7,14,22H,5,8-10H2,1-4H3. The molecule has 0 bridgehead atoms. The number of H-pyrrole nitrogens is 1. The van der Waals surface area contributed by atoms with E-state index in [1.807, 2.05) is 13.8 Å². The van der Waals surface area contributed by atoms with Crippen molar-refractivity contribution < 1.29 is 9.32 Å². The van der Waals surface area contributed by atoms with Crippen molar-refractivity contribution >= 4 is 16.8 Å². The molecule has 0 saturated heterocycles. The van der Waals surface area contributed by atoms with E-state index in [-0.39, 0.29) is 5.91 Å². The highest BCUT2D eigenvalue weighted by Crippen LogP contribution is 2.38. The second-order valence-corrected chi connectivity index (χ2v) is 7.22. The van der Waals surface area contributed by atoms with Crippen molar-refractivity contribution in [1.29, 1.82) is 0 Å². The number of aromatic nitrogens is 3. The number of nitrogens with one attached hydrogen (secondary N) is 1. The number of hydrogen-bond acceptors (Lipinski definition) is 4. The second-order valence-electron chi connectivity index (χ2n) is 7.22. The van der Waals surface area contributed by atoms with Crippen LogP contribution in [0.25, 0.3) is 10.9 Å². The Morgan fingerprint density at radius 3 is 2.65 bits per heavy atom. The van der Waals surface area contributed by atoms with Gasteiger partial charge in [0.05, 0.1) is 6.54 Å². The molecule has 3 aromatic rings. The molecule has 1 aromatic carbocycles. The minimum absolute atomic E-state index is 0.0298. The summed E-state index contributed by atoms with van der Waals surface area (Å²) in [6.45, 7) is 9.05. The highest BCUT2D eigenvalue weighted by atomic mass is 16.5. The summed E-state index contributed by atoms with van der Waals surface area (Å²) in [5, 5.41) is 5.18. The Labute approximate surface area is 152 Å². The van der Waals surface area contributed by atoms with Crippen molar-refractivity contribution in [3.05, 3.63) is 46.2 Å². The number of fused-ring (bicyclic) bond motifs is 1. The largest absolute Gasteiger partial charge is 0.350 e. The van der Waals surface area contributed by atoms with Crippen LogP contribution in [0, 0.1) is 20.8 Å². The maximum Gasteiger partial charge on any atom is 0.270 e. The van der Waals surface area contributed by atoms with Gasteiger partial charge in [-0.3, -0.25) is 4.79 Å². The lowest BCUT2D eigenvalue weighted by molar-refractivity contribution is 0.0741. The molecule has 1 fully saturated rings. The van der Waals surface area contributed by atoms with Crippen LogP contribution in [0.3, 0.4) is 0 Å². The first-order chi connectivity index (χ1) is 12.5. The van der Waals surface area contributed by atoms with Gasteiger partial charge in [0.15, 0.2) is 5.82 Å². The van der Waals surface area contributed by atoms with Crippen molar-refractivity contribution in [2.75, 3.05) is 6.54 Å². The van der Waals surface area contributed by atoms with E-state index >= 15 is 0 Å². The lowest BCUT2D eigenvalue weighted by Gasteiger charge is -2.18. The van der Waals surface area contributed by atoms with Crippen LogP contribution in [-0.2, 0) is 6.54 Å². The zero-order valence-corrected chi connectivity index (χ0v) is 15.7. The average Bonchev–Trinajstić information content (AvgIpc) is 3.27. The molecule has 6 nitrogen and oxygen atoms in total. The molecule has 0 aliphatic heterocycles. The highest BCUT2D eigenvalue weighted by molar-refractivity contribution is 6.02. The molecule has 1 aliphatic rings. The Bertz CT molecular complexity index is 981. The maximum atomic E-state index is 13.2. The van der Waals surface area contributed by atoms with Crippen molar-refractivity contribution in [3.63, 3.8) is 0 Å². The molecule has 0 spiro atoms. The number of amides is 1. The number of carbonyl (C=O) groups is 1. The zero-order valence-electron chi connectivity index (χ0n) is 15.7. The molecule has 136 valence electrons. The summed E-state index contributed by atoms with van der Waals surface area (Å²) >= 11 is 0. The van der Waals surface area contributed by atoms with Crippen molar-refractivity contribution in [3.8, 4) is 0 Å². The van der Waals surface area contributed by atoms with Gasteiger partial charge in [-0.25, -0.2) is 0 Å². The normalized spacial score (nSPS) is 14.2. The molecule has 1 aliphatic carbocycles. The van der Waals surface area contributed by atoms with E-state index in [0.29, 0.717) is 36.4 Å². The molecular formula is C20H24N4O2. The Balaban J connectivity index is 1.64. The minimum atomic E-state index is -0.0298. The number of benzene rings is 1. The SMILES string of the molecule is CCN(Cc1noc(C2CC2)n1)C(=O)c1[nH]c2c(C)ccc(C)c2c1C. The summed E-state index contributed by atoms with van der Waals surface area (Å²) in [4.78, 5) is 22.7. The Morgan fingerprint density at radius 2 is 2.00 bits per heavy atom. The second kappa shape index (κ2) is 6.27. The van der Waals surface area contributed by atoms with Crippen LogP contribution in [0.1, 0.15) is 64.6 Å². The molecular weight excluding hydrogens is 328 g/mol. The molecule has 2 heterocycles. The van der Waals surface area contributed by atoms with Crippen LogP contribution in [0.2, 0.25) is 0 Å². The van der Waals surface area contributed by atoms with Gasteiger partial charge in [0.2, 0.25) is 5.89 Å². The van der Waals surface area contributed by atoms with Crippen LogP contribution < -0.4 is 0 Å². The Morgan fingerprint density at radius 1 is 1.27 bits per heavy atom. The predicted octanol–water partition coefficient (Wildman–Crippen LogP) is 4.02. The van der Waals surface area contributed by atoms with Gasteiger partial charge in [-0.05, 0) is 57.2 Å². The van der Waals surface area contributed by atoms with Crippen molar-refractivity contribution in [1.82, 2.24) is 20.0 Å². The van der Waals surface area contributed by atoms with E-state index in [9.17, 15) is 4.79 Å². The van der Waals surface area contributed by atoms with Gasteiger partial charge in [0.1, 0.15) is 5.69 Å². The number of hydrogen-bond donors (Lipinski definition) is 1. The summed E-state index contributed by atoms with van der Waals surface area (Å²) in [5.74, 6) is 1.67. The van der Waals surface area contributed by atoms with E-state index < -0.39 is 0 Å². The molecule has 0 atom stereocenters.